The lowest BCUT2D eigenvalue weighted by molar-refractivity contribution is -0.123. The topological polar surface area (TPSA) is 58.2 Å². The molecule has 2 amide bonds. The Morgan fingerprint density at radius 3 is 2.25 bits per heavy atom. The van der Waals surface area contributed by atoms with E-state index in [9.17, 15) is 9.59 Å². The Balaban J connectivity index is 1.95. The van der Waals surface area contributed by atoms with Gasteiger partial charge in [-0.15, -0.1) is 0 Å². The summed E-state index contributed by atoms with van der Waals surface area (Å²) in [5.74, 6) is -0.566. The van der Waals surface area contributed by atoms with E-state index in [0.29, 0.717) is 10.6 Å². The molecule has 2 unspecified atom stereocenters. The second-order valence-corrected chi connectivity index (χ2v) is 6.74. The number of hydrogen-bond donors (Lipinski definition) is 2. The molecule has 0 fully saturated rings. The standard InChI is InChI=1S/C18H18BrClN2O2/c1-11(15-5-3-4-6-16(15)19)21-17(23)12(2)22-18(24)13-7-9-14(20)10-8-13/h3-12H,1-2H3,(H,21,23)(H,22,24). The van der Waals surface area contributed by atoms with Gasteiger partial charge < -0.3 is 10.6 Å². The van der Waals surface area contributed by atoms with Crippen molar-refractivity contribution in [3.63, 3.8) is 0 Å². The molecule has 0 saturated carbocycles. The van der Waals surface area contributed by atoms with Crippen LogP contribution in [0, 0.1) is 0 Å². The summed E-state index contributed by atoms with van der Waals surface area (Å²) >= 11 is 9.27. The molecule has 6 heteroatoms. The molecular formula is C18H18BrClN2O2. The van der Waals surface area contributed by atoms with Crippen LogP contribution in [0.3, 0.4) is 0 Å². The zero-order valence-corrected chi connectivity index (χ0v) is 15.7. The van der Waals surface area contributed by atoms with E-state index in [4.69, 9.17) is 11.6 Å². The van der Waals surface area contributed by atoms with Gasteiger partial charge >= 0.3 is 0 Å². The molecule has 0 spiro atoms. The summed E-state index contributed by atoms with van der Waals surface area (Å²) in [7, 11) is 0. The zero-order valence-electron chi connectivity index (χ0n) is 13.3. The predicted molar refractivity (Wildman–Crippen MR) is 99.1 cm³/mol. The molecule has 0 bridgehead atoms. The Hall–Kier alpha value is -1.85. The number of rotatable bonds is 5. The summed E-state index contributed by atoms with van der Waals surface area (Å²) in [5.41, 5.74) is 1.43. The molecule has 2 rings (SSSR count). The summed E-state index contributed by atoms with van der Waals surface area (Å²) in [6, 6.07) is 13.4. The third-order valence-electron chi connectivity index (χ3n) is 3.58. The monoisotopic (exact) mass is 408 g/mol. The maximum atomic E-state index is 12.3. The largest absolute Gasteiger partial charge is 0.348 e. The van der Waals surface area contributed by atoms with Crippen molar-refractivity contribution in [1.29, 1.82) is 0 Å². The summed E-state index contributed by atoms with van der Waals surface area (Å²) in [6.07, 6.45) is 0. The second kappa shape index (κ2) is 8.31. The van der Waals surface area contributed by atoms with Gasteiger partial charge in [-0.05, 0) is 49.7 Å². The van der Waals surface area contributed by atoms with Crippen molar-refractivity contribution in [2.75, 3.05) is 0 Å². The molecule has 24 heavy (non-hydrogen) atoms. The van der Waals surface area contributed by atoms with Crippen LogP contribution in [0.2, 0.25) is 5.02 Å². The van der Waals surface area contributed by atoms with E-state index in [-0.39, 0.29) is 17.9 Å². The molecule has 0 aliphatic carbocycles. The van der Waals surface area contributed by atoms with E-state index < -0.39 is 6.04 Å². The van der Waals surface area contributed by atoms with Crippen LogP contribution in [0.15, 0.2) is 53.0 Å². The van der Waals surface area contributed by atoms with Crippen molar-refractivity contribution >= 4 is 39.3 Å². The molecule has 0 aliphatic rings. The highest BCUT2D eigenvalue weighted by Gasteiger charge is 2.19. The molecule has 0 radical (unpaired) electrons. The molecule has 2 N–H and O–H groups in total. The Morgan fingerprint density at radius 2 is 1.62 bits per heavy atom. The summed E-state index contributed by atoms with van der Waals surface area (Å²) in [4.78, 5) is 24.4. The van der Waals surface area contributed by atoms with Crippen molar-refractivity contribution in [3.8, 4) is 0 Å². The molecule has 2 atom stereocenters. The normalized spacial score (nSPS) is 13.0. The van der Waals surface area contributed by atoms with Crippen LogP contribution < -0.4 is 10.6 Å². The van der Waals surface area contributed by atoms with E-state index in [2.05, 4.69) is 26.6 Å². The van der Waals surface area contributed by atoms with Crippen LogP contribution in [-0.2, 0) is 4.79 Å². The van der Waals surface area contributed by atoms with E-state index in [0.717, 1.165) is 10.0 Å². The van der Waals surface area contributed by atoms with Gasteiger partial charge in [-0.25, -0.2) is 0 Å². The highest BCUT2D eigenvalue weighted by Crippen LogP contribution is 2.22. The minimum atomic E-state index is -0.655. The van der Waals surface area contributed by atoms with Crippen LogP contribution in [-0.4, -0.2) is 17.9 Å². The third kappa shape index (κ3) is 4.82. The van der Waals surface area contributed by atoms with E-state index in [1.165, 1.54) is 0 Å². The molecule has 0 saturated heterocycles. The number of halogens is 2. The molecule has 0 aromatic heterocycles. The number of amides is 2. The third-order valence-corrected chi connectivity index (χ3v) is 4.55. The minimum absolute atomic E-state index is 0.178. The fraction of sp³-hybridized carbons (Fsp3) is 0.222. The first kappa shape index (κ1) is 18.5. The van der Waals surface area contributed by atoms with Crippen molar-refractivity contribution in [2.45, 2.75) is 25.9 Å². The summed E-state index contributed by atoms with van der Waals surface area (Å²) in [5, 5.41) is 6.13. The average Bonchev–Trinajstić information content (AvgIpc) is 2.55. The Labute approximate surface area is 154 Å². The number of carbonyl (C=O) groups excluding carboxylic acids is 2. The molecule has 0 heterocycles. The lowest BCUT2D eigenvalue weighted by atomic mass is 10.1. The van der Waals surface area contributed by atoms with Gasteiger partial charge in [-0.1, -0.05) is 45.7 Å². The predicted octanol–water partition coefficient (Wildman–Crippen LogP) is 4.10. The SMILES string of the molecule is CC(NC(=O)c1ccc(Cl)cc1)C(=O)NC(C)c1ccccc1Br. The Morgan fingerprint density at radius 1 is 1.00 bits per heavy atom. The average molecular weight is 410 g/mol. The van der Waals surface area contributed by atoms with E-state index in [1.807, 2.05) is 31.2 Å². The van der Waals surface area contributed by atoms with Crippen LogP contribution in [0.25, 0.3) is 0 Å². The number of carbonyl (C=O) groups is 2. The van der Waals surface area contributed by atoms with Crippen LogP contribution >= 0.6 is 27.5 Å². The van der Waals surface area contributed by atoms with Gasteiger partial charge in [-0.2, -0.15) is 0 Å². The maximum Gasteiger partial charge on any atom is 0.251 e. The van der Waals surface area contributed by atoms with E-state index in [1.54, 1.807) is 31.2 Å². The first-order valence-corrected chi connectivity index (χ1v) is 8.67. The van der Waals surface area contributed by atoms with Gasteiger partial charge in [0, 0.05) is 15.1 Å². The minimum Gasteiger partial charge on any atom is -0.348 e. The molecular weight excluding hydrogens is 392 g/mol. The quantitative estimate of drug-likeness (QED) is 0.781. The van der Waals surface area contributed by atoms with Crippen molar-refractivity contribution in [1.82, 2.24) is 10.6 Å². The fourth-order valence-corrected chi connectivity index (χ4v) is 2.94. The lowest BCUT2D eigenvalue weighted by Gasteiger charge is -2.19. The molecule has 2 aromatic carbocycles. The van der Waals surface area contributed by atoms with Gasteiger partial charge in [0.1, 0.15) is 6.04 Å². The second-order valence-electron chi connectivity index (χ2n) is 5.45. The van der Waals surface area contributed by atoms with Crippen molar-refractivity contribution < 1.29 is 9.59 Å². The lowest BCUT2D eigenvalue weighted by Crippen LogP contribution is -2.45. The molecule has 4 nitrogen and oxygen atoms in total. The molecule has 2 aromatic rings. The van der Waals surface area contributed by atoms with Crippen molar-refractivity contribution in [2.24, 2.45) is 0 Å². The van der Waals surface area contributed by atoms with Gasteiger partial charge in [-0.3, -0.25) is 9.59 Å². The van der Waals surface area contributed by atoms with Crippen LogP contribution in [0.1, 0.15) is 35.8 Å². The fourth-order valence-electron chi connectivity index (χ4n) is 2.19. The number of nitrogens with one attached hydrogen (secondary N) is 2. The first-order chi connectivity index (χ1) is 11.4. The van der Waals surface area contributed by atoms with Gasteiger partial charge in [0.2, 0.25) is 5.91 Å². The Kier molecular flexibility index (Phi) is 6.40. The van der Waals surface area contributed by atoms with Gasteiger partial charge in [0.05, 0.1) is 6.04 Å². The first-order valence-electron chi connectivity index (χ1n) is 7.49. The smallest absolute Gasteiger partial charge is 0.251 e. The zero-order chi connectivity index (χ0) is 17.7. The Bertz CT molecular complexity index is 734. The highest BCUT2D eigenvalue weighted by molar-refractivity contribution is 9.10. The highest BCUT2D eigenvalue weighted by atomic mass is 79.9. The number of hydrogen-bond acceptors (Lipinski definition) is 2. The summed E-state index contributed by atoms with van der Waals surface area (Å²) < 4.78 is 0.927. The molecule has 0 aliphatic heterocycles. The number of benzene rings is 2. The van der Waals surface area contributed by atoms with Crippen LogP contribution in [0.4, 0.5) is 0 Å². The van der Waals surface area contributed by atoms with Gasteiger partial charge in [0.15, 0.2) is 0 Å². The van der Waals surface area contributed by atoms with Gasteiger partial charge in [0.25, 0.3) is 5.91 Å². The summed E-state index contributed by atoms with van der Waals surface area (Å²) in [6.45, 7) is 3.54. The van der Waals surface area contributed by atoms with Crippen LogP contribution in [0.5, 0.6) is 0 Å². The van der Waals surface area contributed by atoms with E-state index >= 15 is 0 Å². The van der Waals surface area contributed by atoms with Crippen molar-refractivity contribution in [3.05, 3.63) is 69.2 Å². The maximum absolute atomic E-state index is 12.3. The molecule has 126 valence electrons.